The van der Waals surface area contributed by atoms with Crippen molar-refractivity contribution in [2.24, 2.45) is 0 Å². The Morgan fingerprint density at radius 1 is 1.07 bits per heavy atom. The van der Waals surface area contributed by atoms with Crippen LogP contribution in [0.15, 0.2) is 67.0 Å². The molecule has 41 heavy (non-hydrogen) atoms. The van der Waals surface area contributed by atoms with Crippen LogP contribution in [0.2, 0.25) is 5.02 Å². The number of morpholine rings is 1. The highest BCUT2D eigenvalue weighted by Crippen LogP contribution is 2.34. The number of hydrogen-bond acceptors (Lipinski definition) is 7. The third kappa shape index (κ3) is 6.60. The van der Waals surface area contributed by atoms with E-state index < -0.39 is 0 Å². The molecule has 2 aliphatic rings. The lowest BCUT2D eigenvalue weighted by Gasteiger charge is -2.31. The van der Waals surface area contributed by atoms with Crippen LogP contribution in [0.1, 0.15) is 27.2 Å². The number of pyridine rings is 2. The van der Waals surface area contributed by atoms with Crippen LogP contribution >= 0.6 is 23.8 Å². The summed E-state index contributed by atoms with van der Waals surface area (Å²) in [4.78, 5) is 20.2. The maximum Gasteiger partial charge on any atom is 0.254 e. The van der Waals surface area contributed by atoms with Gasteiger partial charge in [0.1, 0.15) is 11.9 Å². The maximum atomic E-state index is 13.4. The zero-order valence-electron chi connectivity index (χ0n) is 22.6. The van der Waals surface area contributed by atoms with Gasteiger partial charge in [-0.15, -0.1) is 0 Å². The molecule has 0 saturated carbocycles. The SMILES string of the molecule is O=C(NCc1ccc(Cl)cc1)c1cn2c3c(cc(CN4CCOCC4)cc3c1=S)OC(CNCc1ccccn1)C2. The van der Waals surface area contributed by atoms with Crippen molar-refractivity contribution in [1.29, 1.82) is 0 Å². The van der Waals surface area contributed by atoms with Crippen molar-refractivity contribution in [3.63, 3.8) is 0 Å². The normalized spacial score (nSPS) is 16.9. The summed E-state index contributed by atoms with van der Waals surface area (Å²) in [5.41, 5.74) is 4.45. The fourth-order valence-electron chi connectivity index (χ4n) is 5.35. The molecule has 2 aromatic carbocycles. The Kier molecular flexibility index (Phi) is 8.59. The van der Waals surface area contributed by atoms with Crippen LogP contribution in [-0.2, 0) is 30.9 Å². The van der Waals surface area contributed by atoms with Crippen LogP contribution in [0, 0.1) is 4.51 Å². The molecule has 6 rings (SSSR count). The molecule has 8 nitrogen and oxygen atoms in total. The lowest BCUT2D eigenvalue weighted by molar-refractivity contribution is 0.0341. The number of hydrogen-bond donors (Lipinski definition) is 2. The number of benzene rings is 2. The highest BCUT2D eigenvalue weighted by molar-refractivity contribution is 7.71. The second-order valence-electron chi connectivity index (χ2n) is 10.4. The fourth-order valence-corrected chi connectivity index (χ4v) is 5.78. The second-order valence-corrected chi connectivity index (χ2v) is 11.2. The number of carbonyl (C=O) groups is 1. The van der Waals surface area contributed by atoms with Crippen LogP contribution in [0.3, 0.4) is 0 Å². The number of halogens is 1. The van der Waals surface area contributed by atoms with Gasteiger partial charge >= 0.3 is 0 Å². The zero-order valence-corrected chi connectivity index (χ0v) is 24.2. The van der Waals surface area contributed by atoms with Crippen LogP contribution in [0.25, 0.3) is 10.9 Å². The molecule has 0 aliphatic carbocycles. The minimum Gasteiger partial charge on any atom is -0.485 e. The molecule has 2 N–H and O–H groups in total. The number of amides is 1. The Morgan fingerprint density at radius 3 is 2.68 bits per heavy atom. The van der Waals surface area contributed by atoms with Gasteiger partial charge in [0.05, 0.1) is 41.0 Å². The molecule has 4 aromatic rings. The van der Waals surface area contributed by atoms with E-state index in [-0.39, 0.29) is 12.0 Å². The molecule has 212 valence electrons. The van der Waals surface area contributed by atoms with Crippen LogP contribution in [0.5, 0.6) is 5.75 Å². The Balaban J connectivity index is 1.28. The average Bonchev–Trinajstić information content (AvgIpc) is 2.99. The van der Waals surface area contributed by atoms with E-state index in [1.54, 1.807) is 6.20 Å². The topological polar surface area (TPSA) is 80.7 Å². The van der Waals surface area contributed by atoms with E-state index in [1.807, 2.05) is 48.7 Å². The van der Waals surface area contributed by atoms with Crippen LogP contribution < -0.4 is 15.4 Å². The van der Waals surface area contributed by atoms with Crippen molar-refractivity contribution >= 4 is 40.6 Å². The second kappa shape index (κ2) is 12.7. The van der Waals surface area contributed by atoms with Gasteiger partial charge in [-0.1, -0.05) is 42.0 Å². The van der Waals surface area contributed by atoms with E-state index >= 15 is 0 Å². The molecule has 1 amide bonds. The molecular formula is C31H32ClN5O3S. The molecule has 1 saturated heterocycles. The first kappa shape index (κ1) is 27.8. The van der Waals surface area contributed by atoms with Crippen molar-refractivity contribution in [1.82, 2.24) is 25.1 Å². The summed E-state index contributed by atoms with van der Waals surface area (Å²) in [6.07, 6.45) is 3.54. The third-order valence-corrected chi connectivity index (χ3v) is 8.11. The van der Waals surface area contributed by atoms with E-state index in [2.05, 4.69) is 37.2 Å². The van der Waals surface area contributed by atoms with Gasteiger partial charge < -0.3 is 24.7 Å². The fraction of sp³-hybridized carbons (Fsp3) is 0.323. The summed E-state index contributed by atoms with van der Waals surface area (Å²) < 4.78 is 14.7. The maximum absolute atomic E-state index is 13.4. The average molecular weight is 590 g/mol. The lowest BCUT2D eigenvalue weighted by Crippen LogP contribution is -2.38. The van der Waals surface area contributed by atoms with Gasteiger partial charge in [-0.05, 0) is 47.5 Å². The van der Waals surface area contributed by atoms with Gasteiger partial charge in [0.15, 0.2) is 0 Å². The van der Waals surface area contributed by atoms with E-state index in [4.69, 9.17) is 33.3 Å². The molecule has 2 aliphatic heterocycles. The summed E-state index contributed by atoms with van der Waals surface area (Å²) in [5, 5.41) is 8.03. The summed E-state index contributed by atoms with van der Waals surface area (Å²) >= 11 is 11.9. The van der Waals surface area contributed by atoms with Gasteiger partial charge in [-0.25, -0.2) is 0 Å². The molecule has 1 fully saturated rings. The molecule has 1 atom stereocenters. The Morgan fingerprint density at radius 2 is 1.90 bits per heavy atom. The molecule has 2 aromatic heterocycles. The smallest absolute Gasteiger partial charge is 0.254 e. The highest BCUT2D eigenvalue weighted by Gasteiger charge is 2.25. The monoisotopic (exact) mass is 589 g/mol. The Labute approximate surface area is 249 Å². The van der Waals surface area contributed by atoms with Crippen LogP contribution in [-0.4, -0.2) is 59.3 Å². The van der Waals surface area contributed by atoms with Gasteiger partial charge in [0.25, 0.3) is 5.91 Å². The Bertz CT molecular complexity index is 1590. The van der Waals surface area contributed by atoms with Gasteiger partial charge in [-0.3, -0.25) is 14.7 Å². The Hall–Kier alpha value is -3.34. The predicted molar refractivity (Wildman–Crippen MR) is 162 cm³/mol. The molecule has 4 heterocycles. The van der Waals surface area contributed by atoms with Gasteiger partial charge in [0, 0.05) is 62.1 Å². The van der Waals surface area contributed by atoms with Crippen LogP contribution in [0.4, 0.5) is 0 Å². The first-order valence-electron chi connectivity index (χ1n) is 13.8. The number of carbonyl (C=O) groups excluding carboxylic acids is 1. The zero-order chi connectivity index (χ0) is 28.2. The summed E-state index contributed by atoms with van der Waals surface area (Å²) in [6, 6.07) is 17.6. The quantitative estimate of drug-likeness (QED) is 0.273. The van der Waals surface area contributed by atoms with Gasteiger partial charge in [-0.2, -0.15) is 0 Å². The number of aromatic nitrogens is 2. The molecule has 10 heteroatoms. The molecular weight excluding hydrogens is 558 g/mol. The predicted octanol–water partition coefficient (Wildman–Crippen LogP) is 4.73. The largest absolute Gasteiger partial charge is 0.485 e. The van der Waals surface area contributed by atoms with Crippen molar-refractivity contribution in [2.45, 2.75) is 32.3 Å². The van der Waals surface area contributed by atoms with Crippen molar-refractivity contribution in [2.75, 3.05) is 32.8 Å². The lowest BCUT2D eigenvalue weighted by atomic mass is 10.0. The van der Waals surface area contributed by atoms with E-state index in [0.29, 0.717) is 41.3 Å². The number of nitrogens with zero attached hydrogens (tertiary/aromatic N) is 3. The molecule has 1 unspecified atom stereocenters. The number of nitrogens with one attached hydrogen (secondary N) is 2. The van der Waals surface area contributed by atoms with Crippen molar-refractivity contribution < 1.29 is 14.3 Å². The molecule has 0 spiro atoms. The van der Waals surface area contributed by atoms with E-state index in [0.717, 1.165) is 66.3 Å². The van der Waals surface area contributed by atoms with Gasteiger partial charge in [0.2, 0.25) is 0 Å². The minimum absolute atomic E-state index is 0.126. The van der Waals surface area contributed by atoms with E-state index in [1.165, 1.54) is 0 Å². The number of rotatable bonds is 9. The summed E-state index contributed by atoms with van der Waals surface area (Å²) in [5.74, 6) is 0.591. The third-order valence-electron chi connectivity index (χ3n) is 7.42. The molecule has 0 bridgehead atoms. The van der Waals surface area contributed by atoms with Crippen molar-refractivity contribution in [3.8, 4) is 5.75 Å². The summed E-state index contributed by atoms with van der Waals surface area (Å²) in [7, 11) is 0. The minimum atomic E-state index is -0.202. The van der Waals surface area contributed by atoms with Crippen molar-refractivity contribution in [3.05, 3.63) is 98.9 Å². The van der Waals surface area contributed by atoms with E-state index in [9.17, 15) is 4.79 Å². The number of ether oxygens (including phenoxy) is 2. The first-order chi connectivity index (χ1) is 20.0. The summed E-state index contributed by atoms with van der Waals surface area (Å²) in [6.45, 7) is 6.23. The molecule has 0 radical (unpaired) electrons. The standard InChI is InChI=1S/C31H32ClN5O3S/c32-23-6-4-21(5-7-23)15-35-31(38)27-20-37-19-25(17-33-16-24-3-1-2-8-34-24)40-28-14-22(13-26(29(28)37)30(27)41)18-36-9-11-39-12-10-36/h1-8,13-14,20,25,33H,9-12,15-19H2,(H,35,38). The first-order valence-corrected chi connectivity index (χ1v) is 14.6. The highest BCUT2D eigenvalue weighted by atomic mass is 35.5.